The fraction of sp³-hybridized carbons (Fsp3) is 0.556. The number of hydrogen-bond acceptors (Lipinski definition) is 4. The van der Waals surface area contributed by atoms with Crippen LogP contribution in [0.4, 0.5) is 5.69 Å². The SMILES string of the molecule is CC1CCC(C(C)C)C(OC(=O)/C(Cl)=N/Nc2ccccc2)C1. The second kappa shape index (κ2) is 8.34. The number of hydrazone groups is 1. The van der Waals surface area contributed by atoms with Crippen molar-refractivity contribution in [2.75, 3.05) is 5.43 Å². The maximum atomic E-state index is 12.2. The standard InChI is InChI=1S/C18H25ClN2O2/c1-12(2)15-10-9-13(3)11-16(15)23-18(22)17(19)21-20-14-7-5-4-6-8-14/h4-8,12-13,15-16,20H,9-11H2,1-3H3/b21-17-. The number of carbonyl (C=O) groups excluding carboxylic acids is 1. The Morgan fingerprint density at radius 2 is 2.00 bits per heavy atom. The minimum absolute atomic E-state index is 0.0769. The molecule has 1 saturated carbocycles. The molecule has 1 aliphatic carbocycles. The normalized spacial score (nSPS) is 25.3. The fourth-order valence-corrected chi connectivity index (χ4v) is 3.20. The summed E-state index contributed by atoms with van der Waals surface area (Å²) in [5.41, 5.74) is 3.53. The molecule has 3 atom stereocenters. The van der Waals surface area contributed by atoms with Crippen LogP contribution in [0.5, 0.6) is 0 Å². The first kappa shape index (κ1) is 17.8. The van der Waals surface area contributed by atoms with Gasteiger partial charge in [0, 0.05) is 0 Å². The summed E-state index contributed by atoms with van der Waals surface area (Å²) >= 11 is 5.98. The zero-order valence-electron chi connectivity index (χ0n) is 14.0. The van der Waals surface area contributed by atoms with Gasteiger partial charge in [0.15, 0.2) is 0 Å². The van der Waals surface area contributed by atoms with Crippen LogP contribution in [-0.4, -0.2) is 17.2 Å². The van der Waals surface area contributed by atoms with Crippen LogP contribution in [-0.2, 0) is 9.53 Å². The molecule has 1 fully saturated rings. The van der Waals surface area contributed by atoms with Gasteiger partial charge in [0.1, 0.15) is 6.10 Å². The number of rotatable bonds is 5. The van der Waals surface area contributed by atoms with Gasteiger partial charge in [-0.1, -0.05) is 57.0 Å². The summed E-state index contributed by atoms with van der Waals surface area (Å²) in [6.45, 7) is 6.55. The van der Waals surface area contributed by atoms with Crippen LogP contribution < -0.4 is 5.43 Å². The lowest BCUT2D eigenvalue weighted by atomic mass is 9.75. The summed E-state index contributed by atoms with van der Waals surface area (Å²) in [5, 5.41) is 3.73. The van der Waals surface area contributed by atoms with E-state index in [2.05, 4.69) is 31.3 Å². The molecular formula is C18H25ClN2O2. The highest BCUT2D eigenvalue weighted by Crippen LogP contribution is 2.35. The molecule has 0 aliphatic heterocycles. The molecule has 0 radical (unpaired) electrons. The minimum atomic E-state index is -0.556. The molecule has 0 saturated heterocycles. The highest BCUT2D eigenvalue weighted by Gasteiger charge is 2.34. The van der Waals surface area contributed by atoms with Crippen molar-refractivity contribution in [3.05, 3.63) is 30.3 Å². The maximum Gasteiger partial charge on any atom is 0.370 e. The molecule has 4 nitrogen and oxygen atoms in total. The second-order valence-corrected chi connectivity index (χ2v) is 7.01. The first-order valence-electron chi connectivity index (χ1n) is 8.22. The van der Waals surface area contributed by atoms with Crippen molar-refractivity contribution >= 4 is 28.4 Å². The number of carbonyl (C=O) groups is 1. The van der Waals surface area contributed by atoms with Crippen molar-refractivity contribution in [3.8, 4) is 0 Å². The van der Waals surface area contributed by atoms with E-state index in [4.69, 9.17) is 16.3 Å². The van der Waals surface area contributed by atoms with E-state index >= 15 is 0 Å². The third kappa shape index (κ3) is 5.24. The number of nitrogens with one attached hydrogen (secondary N) is 1. The van der Waals surface area contributed by atoms with Crippen LogP contribution >= 0.6 is 11.6 Å². The van der Waals surface area contributed by atoms with E-state index in [9.17, 15) is 4.79 Å². The monoisotopic (exact) mass is 336 g/mol. The Hall–Kier alpha value is -1.55. The quantitative estimate of drug-likeness (QED) is 0.483. The topological polar surface area (TPSA) is 50.7 Å². The highest BCUT2D eigenvalue weighted by atomic mass is 35.5. The highest BCUT2D eigenvalue weighted by molar-refractivity contribution is 6.82. The molecule has 0 heterocycles. The summed E-state index contributed by atoms with van der Waals surface area (Å²) in [7, 11) is 0. The van der Waals surface area contributed by atoms with Gasteiger partial charge < -0.3 is 4.74 Å². The molecule has 1 aromatic rings. The van der Waals surface area contributed by atoms with Crippen LogP contribution in [0.2, 0.25) is 0 Å². The van der Waals surface area contributed by atoms with Gasteiger partial charge in [-0.2, -0.15) is 5.10 Å². The van der Waals surface area contributed by atoms with Gasteiger partial charge in [0.25, 0.3) is 0 Å². The number of para-hydroxylation sites is 1. The van der Waals surface area contributed by atoms with Crippen LogP contribution in [0.1, 0.15) is 40.0 Å². The van der Waals surface area contributed by atoms with E-state index in [0.717, 1.165) is 18.5 Å². The maximum absolute atomic E-state index is 12.2. The van der Waals surface area contributed by atoms with Crippen molar-refractivity contribution in [2.24, 2.45) is 22.9 Å². The minimum Gasteiger partial charge on any atom is -0.457 e. The van der Waals surface area contributed by atoms with Gasteiger partial charge in [-0.3, -0.25) is 5.43 Å². The molecule has 0 aromatic heterocycles. The summed E-state index contributed by atoms with van der Waals surface area (Å²) in [4.78, 5) is 12.2. The number of esters is 1. The summed E-state index contributed by atoms with van der Waals surface area (Å²) < 4.78 is 5.64. The summed E-state index contributed by atoms with van der Waals surface area (Å²) in [6.07, 6.45) is 3.10. The molecule has 126 valence electrons. The number of halogens is 1. The molecule has 1 N–H and O–H groups in total. The molecule has 0 spiro atoms. The number of nitrogens with zero attached hydrogens (tertiary/aromatic N) is 1. The fourth-order valence-electron chi connectivity index (χ4n) is 3.11. The smallest absolute Gasteiger partial charge is 0.370 e. The van der Waals surface area contributed by atoms with Gasteiger partial charge in [0.2, 0.25) is 5.17 Å². The van der Waals surface area contributed by atoms with Crippen LogP contribution in [0.3, 0.4) is 0 Å². The van der Waals surface area contributed by atoms with Crippen molar-refractivity contribution in [1.82, 2.24) is 0 Å². The van der Waals surface area contributed by atoms with E-state index in [1.54, 1.807) is 0 Å². The Bertz CT molecular complexity index is 545. The van der Waals surface area contributed by atoms with E-state index < -0.39 is 5.97 Å². The van der Waals surface area contributed by atoms with Crippen LogP contribution in [0, 0.1) is 17.8 Å². The number of hydrogen-bond donors (Lipinski definition) is 1. The number of ether oxygens (including phenoxy) is 1. The lowest BCUT2D eigenvalue weighted by molar-refractivity contribution is -0.147. The first-order valence-corrected chi connectivity index (χ1v) is 8.60. The zero-order chi connectivity index (χ0) is 16.8. The van der Waals surface area contributed by atoms with Gasteiger partial charge >= 0.3 is 5.97 Å². The number of anilines is 1. The average molecular weight is 337 g/mol. The zero-order valence-corrected chi connectivity index (χ0v) is 14.7. The lowest BCUT2D eigenvalue weighted by Crippen LogP contribution is -2.37. The van der Waals surface area contributed by atoms with Gasteiger partial charge in [0.05, 0.1) is 5.69 Å². The van der Waals surface area contributed by atoms with Crippen LogP contribution in [0.25, 0.3) is 0 Å². The summed E-state index contributed by atoms with van der Waals surface area (Å²) in [6, 6.07) is 9.34. The average Bonchev–Trinajstić information content (AvgIpc) is 2.53. The molecule has 0 bridgehead atoms. The van der Waals surface area contributed by atoms with Gasteiger partial charge in [-0.15, -0.1) is 0 Å². The van der Waals surface area contributed by atoms with Crippen molar-refractivity contribution in [2.45, 2.75) is 46.1 Å². The molecule has 0 amide bonds. The van der Waals surface area contributed by atoms with Gasteiger partial charge in [-0.25, -0.2) is 4.79 Å². The predicted molar refractivity (Wildman–Crippen MR) is 94.6 cm³/mol. The molecule has 3 unspecified atom stereocenters. The molecule has 5 heteroatoms. The second-order valence-electron chi connectivity index (χ2n) is 6.65. The molecule has 1 aliphatic rings. The Labute approximate surface area is 143 Å². The van der Waals surface area contributed by atoms with E-state index in [1.165, 1.54) is 6.42 Å². The molecule has 2 rings (SSSR count). The third-order valence-electron chi connectivity index (χ3n) is 4.45. The Balaban J connectivity index is 1.96. The van der Waals surface area contributed by atoms with Crippen molar-refractivity contribution in [1.29, 1.82) is 0 Å². The van der Waals surface area contributed by atoms with E-state index in [1.807, 2.05) is 30.3 Å². The Kier molecular flexibility index (Phi) is 6.46. The lowest BCUT2D eigenvalue weighted by Gasteiger charge is -2.36. The van der Waals surface area contributed by atoms with Crippen LogP contribution in [0.15, 0.2) is 35.4 Å². The number of benzene rings is 1. The Morgan fingerprint density at radius 3 is 2.65 bits per heavy atom. The Morgan fingerprint density at radius 1 is 1.30 bits per heavy atom. The predicted octanol–water partition coefficient (Wildman–Crippen LogP) is 4.65. The van der Waals surface area contributed by atoms with Crippen molar-refractivity contribution < 1.29 is 9.53 Å². The first-order chi connectivity index (χ1) is 11.0. The largest absolute Gasteiger partial charge is 0.457 e. The third-order valence-corrected chi connectivity index (χ3v) is 4.68. The molecular weight excluding hydrogens is 312 g/mol. The van der Waals surface area contributed by atoms with E-state index in [0.29, 0.717) is 17.8 Å². The molecule has 1 aromatic carbocycles. The van der Waals surface area contributed by atoms with Gasteiger partial charge in [-0.05, 0) is 42.7 Å². The van der Waals surface area contributed by atoms with Crippen molar-refractivity contribution in [3.63, 3.8) is 0 Å². The van der Waals surface area contributed by atoms with E-state index in [-0.39, 0.29) is 11.3 Å². The molecule has 23 heavy (non-hydrogen) atoms. The summed E-state index contributed by atoms with van der Waals surface area (Å²) in [5.74, 6) is 0.890.